The first kappa shape index (κ1) is 18.6. The van der Waals surface area contributed by atoms with E-state index in [0.29, 0.717) is 36.2 Å². The van der Waals surface area contributed by atoms with Gasteiger partial charge in [0.25, 0.3) is 11.8 Å². The molecule has 1 aromatic heterocycles. The lowest BCUT2D eigenvalue weighted by atomic mass is 10.0. The fourth-order valence-electron chi connectivity index (χ4n) is 3.99. The van der Waals surface area contributed by atoms with Crippen molar-refractivity contribution in [3.63, 3.8) is 0 Å². The Morgan fingerprint density at radius 1 is 1.29 bits per heavy atom. The van der Waals surface area contributed by atoms with E-state index in [2.05, 4.69) is 15.7 Å². The van der Waals surface area contributed by atoms with Gasteiger partial charge in [0.1, 0.15) is 11.5 Å². The molecule has 2 N–H and O–H groups in total. The summed E-state index contributed by atoms with van der Waals surface area (Å²) in [6.45, 7) is 4.85. The Morgan fingerprint density at radius 2 is 2.00 bits per heavy atom. The number of nitrogens with one attached hydrogen (secondary N) is 2. The summed E-state index contributed by atoms with van der Waals surface area (Å²) >= 11 is 0. The number of carbonyl (C=O) groups excluding carboxylic acids is 2. The number of hydrogen-bond acceptors (Lipinski definition) is 4. The highest BCUT2D eigenvalue weighted by atomic mass is 19.1. The summed E-state index contributed by atoms with van der Waals surface area (Å²) in [6, 6.07) is 5.98. The van der Waals surface area contributed by atoms with Gasteiger partial charge in [0.05, 0.1) is 19.3 Å². The minimum Gasteiger partial charge on any atom is -0.381 e. The van der Waals surface area contributed by atoms with E-state index in [0.717, 1.165) is 0 Å². The van der Waals surface area contributed by atoms with E-state index in [4.69, 9.17) is 4.74 Å². The standard InChI is InChI=1S/C20H23FN4O3/c1-10-12(5-4-6-15(10)21)11(2)25-17(7-16(24-25)19(26)22-3)20(27)23-18-13-8-28-9-14(13)18/h4-7,11,13-14,18H,8-9H2,1-3H3,(H,22,26)(H,23,27). The van der Waals surface area contributed by atoms with E-state index in [9.17, 15) is 14.0 Å². The third-order valence-electron chi connectivity index (χ3n) is 5.80. The molecule has 3 unspecified atom stereocenters. The number of nitrogens with zero attached hydrogens (tertiary/aromatic N) is 2. The molecular formula is C20H23FN4O3. The second-order valence-corrected chi connectivity index (χ2v) is 7.43. The average Bonchev–Trinajstić information content (AvgIpc) is 3.10. The first-order chi connectivity index (χ1) is 13.4. The van der Waals surface area contributed by atoms with Gasteiger partial charge in [-0.1, -0.05) is 12.1 Å². The van der Waals surface area contributed by atoms with E-state index < -0.39 is 6.04 Å². The molecule has 1 aromatic carbocycles. The number of carbonyl (C=O) groups is 2. The van der Waals surface area contributed by atoms with Crippen LogP contribution in [0.3, 0.4) is 0 Å². The average molecular weight is 386 g/mol. The van der Waals surface area contributed by atoms with E-state index >= 15 is 0 Å². The first-order valence-corrected chi connectivity index (χ1v) is 9.37. The Hall–Kier alpha value is -2.74. The molecule has 3 atom stereocenters. The number of amides is 2. The predicted molar refractivity (Wildman–Crippen MR) is 99.6 cm³/mol. The summed E-state index contributed by atoms with van der Waals surface area (Å²) in [5.41, 5.74) is 1.62. The number of rotatable bonds is 5. The molecule has 148 valence electrons. The highest BCUT2D eigenvalue weighted by molar-refractivity contribution is 5.98. The minimum absolute atomic E-state index is 0.0965. The number of halogens is 1. The van der Waals surface area contributed by atoms with Crippen molar-refractivity contribution in [2.45, 2.75) is 25.9 Å². The van der Waals surface area contributed by atoms with Gasteiger partial charge >= 0.3 is 0 Å². The third kappa shape index (κ3) is 3.07. The Bertz CT molecular complexity index is 932. The topological polar surface area (TPSA) is 85.3 Å². The third-order valence-corrected chi connectivity index (χ3v) is 5.80. The zero-order chi connectivity index (χ0) is 20.0. The maximum atomic E-state index is 14.0. The van der Waals surface area contributed by atoms with Gasteiger partial charge < -0.3 is 15.4 Å². The van der Waals surface area contributed by atoms with Crippen LogP contribution in [0.4, 0.5) is 4.39 Å². The van der Waals surface area contributed by atoms with Crippen molar-refractivity contribution in [1.82, 2.24) is 20.4 Å². The molecule has 2 aliphatic rings. The van der Waals surface area contributed by atoms with Gasteiger partial charge in [-0.15, -0.1) is 0 Å². The molecule has 7 nitrogen and oxygen atoms in total. The molecule has 28 heavy (non-hydrogen) atoms. The first-order valence-electron chi connectivity index (χ1n) is 9.37. The number of benzene rings is 1. The predicted octanol–water partition coefficient (Wildman–Crippen LogP) is 1.67. The summed E-state index contributed by atoms with van der Waals surface area (Å²) in [6.07, 6.45) is 0. The van der Waals surface area contributed by atoms with Crippen molar-refractivity contribution in [2.75, 3.05) is 20.3 Å². The summed E-state index contributed by atoms with van der Waals surface area (Å²) in [4.78, 5) is 25.0. The van der Waals surface area contributed by atoms with Gasteiger partial charge in [-0.25, -0.2) is 4.39 Å². The molecule has 2 heterocycles. The maximum absolute atomic E-state index is 14.0. The van der Waals surface area contributed by atoms with Crippen LogP contribution < -0.4 is 10.6 Å². The van der Waals surface area contributed by atoms with Crippen molar-refractivity contribution < 1.29 is 18.7 Å². The lowest BCUT2D eigenvalue weighted by Crippen LogP contribution is -2.32. The van der Waals surface area contributed by atoms with E-state index in [1.54, 1.807) is 19.1 Å². The summed E-state index contributed by atoms with van der Waals surface area (Å²) < 4.78 is 20.9. The largest absolute Gasteiger partial charge is 0.381 e. The van der Waals surface area contributed by atoms with Gasteiger partial charge in [0.15, 0.2) is 5.69 Å². The molecule has 2 fully saturated rings. The zero-order valence-electron chi connectivity index (χ0n) is 16.0. The van der Waals surface area contributed by atoms with E-state index in [1.807, 2.05) is 6.92 Å². The fraction of sp³-hybridized carbons (Fsp3) is 0.450. The molecule has 0 radical (unpaired) electrons. The molecule has 4 rings (SSSR count). The monoisotopic (exact) mass is 386 g/mol. The molecule has 2 amide bonds. The summed E-state index contributed by atoms with van der Waals surface area (Å²) in [5.74, 6) is -0.265. The Labute approximate surface area is 162 Å². The van der Waals surface area contributed by atoms with Gasteiger partial charge in [0, 0.05) is 31.0 Å². The molecule has 1 aliphatic carbocycles. The van der Waals surface area contributed by atoms with Crippen LogP contribution in [0.2, 0.25) is 0 Å². The van der Waals surface area contributed by atoms with Crippen molar-refractivity contribution in [2.24, 2.45) is 11.8 Å². The van der Waals surface area contributed by atoms with Crippen LogP contribution in [0.15, 0.2) is 24.3 Å². The Balaban J connectivity index is 1.66. The van der Waals surface area contributed by atoms with Crippen LogP contribution in [0.5, 0.6) is 0 Å². The van der Waals surface area contributed by atoms with Crippen LogP contribution in [-0.2, 0) is 4.74 Å². The normalized spacial score (nSPS) is 23.8. The number of ether oxygens (including phenoxy) is 1. The zero-order valence-corrected chi connectivity index (χ0v) is 16.0. The SMILES string of the molecule is CNC(=O)c1cc(C(=O)NC2C3COCC32)n(C(C)c2cccc(F)c2C)n1. The number of hydrogen-bond donors (Lipinski definition) is 2. The minimum atomic E-state index is -0.420. The fourth-order valence-corrected chi connectivity index (χ4v) is 3.99. The molecule has 1 saturated heterocycles. The molecule has 0 bridgehead atoms. The molecule has 1 saturated carbocycles. The molecule has 2 aromatic rings. The summed E-state index contributed by atoms with van der Waals surface area (Å²) in [7, 11) is 1.51. The van der Waals surface area contributed by atoms with Crippen LogP contribution in [-0.4, -0.2) is 47.9 Å². The number of fused-ring (bicyclic) bond motifs is 1. The van der Waals surface area contributed by atoms with Gasteiger partial charge in [-0.3, -0.25) is 14.3 Å². The Morgan fingerprint density at radius 3 is 2.68 bits per heavy atom. The van der Waals surface area contributed by atoms with Crippen molar-refractivity contribution in [3.8, 4) is 0 Å². The quantitative estimate of drug-likeness (QED) is 0.819. The van der Waals surface area contributed by atoms with E-state index in [-0.39, 0.29) is 35.1 Å². The van der Waals surface area contributed by atoms with Crippen molar-refractivity contribution >= 4 is 11.8 Å². The molecule has 8 heteroatoms. The van der Waals surface area contributed by atoms with Gasteiger partial charge in [-0.05, 0) is 31.0 Å². The van der Waals surface area contributed by atoms with Gasteiger partial charge in [-0.2, -0.15) is 5.10 Å². The summed E-state index contributed by atoms with van der Waals surface area (Å²) in [5, 5.41) is 9.90. The second-order valence-electron chi connectivity index (χ2n) is 7.43. The van der Waals surface area contributed by atoms with Crippen LogP contribution in [0.25, 0.3) is 0 Å². The van der Waals surface area contributed by atoms with E-state index in [1.165, 1.54) is 23.9 Å². The van der Waals surface area contributed by atoms with Crippen LogP contribution in [0.1, 0.15) is 45.1 Å². The van der Waals surface area contributed by atoms with Crippen LogP contribution in [0, 0.1) is 24.6 Å². The molecule has 1 aliphatic heterocycles. The molecular weight excluding hydrogens is 363 g/mol. The van der Waals surface area contributed by atoms with Gasteiger partial charge in [0.2, 0.25) is 0 Å². The smallest absolute Gasteiger partial charge is 0.271 e. The van der Waals surface area contributed by atoms with Crippen molar-refractivity contribution in [3.05, 3.63) is 52.6 Å². The lowest BCUT2D eigenvalue weighted by Gasteiger charge is -2.18. The number of aromatic nitrogens is 2. The highest BCUT2D eigenvalue weighted by Gasteiger charge is 2.55. The van der Waals surface area contributed by atoms with Crippen molar-refractivity contribution in [1.29, 1.82) is 0 Å². The Kier molecular flexibility index (Phi) is 4.66. The molecule has 0 spiro atoms. The highest BCUT2D eigenvalue weighted by Crippen LogP contribution is 2.44. The lowest BCUT2D eigenvalue weighted by molar-refractivity contribution is 0.0915. The maximum Gasteiger partial charge on any atom is 0.271 e. The van der Waals surface area contributed by atoms with Crippen LogP contribution >= 0.6 is 0 Å². The second kappa shape index (κ2) is 7.01.